The van der Waals surface area contributed by atoms with E-state index >= 15 is 0 Å². The first kappa shape index (κ1) is 13.4. The third-order valence-corrected chi connectivity index (χ3v) is 3.93. The number of hydrogen-bond donors (Lipinski definition) is 1. The number of ether oxygens (including phenoxy) is 1. The summed E-state index contributed by atoms with van der Waals surface area (Å²) in [5.41, 5.74) is 1.45. The zero-order valence-corrected chi connectivity index (χ0v) is 12.1. The fourth-order valence-electron chi connectivity index (χ4n) is 1.75. The molecule has 0 aliphatic heterocycles. The van der Waals surface area contributed by atoms with Crippen molar-refractivity contribution in [2.24, 2.45) is 0 Å². The van der Waals surface area contributed by atoms with Crippen molar-refractivity contribution in [2.75, 3.05) is 7.11 Å². The molecule has 0 radical (unpaired) electrons. The molecule has 0 saturated carbocycles. The molecule has 18 heavy (non-hydrogen) atoms. The number of benzene rings is 2. The first-order valence-corrected chi connectivity index (χ1v) is 6.56. The molecule has 0 aromatic heterocycles. The van der Waals surface area contributed by atoms with Crippen LogP contribution in [0.3, 0.4) is 0 Å². The molecule has 2 aromatic carbocycles. The molecular weight excluding hydrogens is 316 g/mol. The maximum Gasteiger partial charge on any atom is 0.125 e. The van der Waals surface area contributed by atoms with Gasteiger partial charge in [-0.1, -0.05) is 35.9 Å². The fourth-order valence-corrected chi connectivity index (χ4v) is 2.19. The summed E-state index contributed by atoms with van der Waals surface area (Å²) in [6, 6.07) is 12.8. The van der Waals surface area contributed by atoms with E-state index in [1.54, 1.807) is 13.2 Å². The molecule has 94 valence electrons. The number of aliphatic hydroxyl groups is 1. The van der Waals surface area contributed by atoms with Gasteiger partial charge in [-0.05, 0) is 39.7 Å². The van der Waals surface area contributed by atoms with E-state index in [4.69, 9.17) is 16.3 Å². The van der Waals surface area contributed by atoms with Crippen LogP contribution in [0.5, 0.6) is 5.75 Å². The third-order valence-electron chi connectivity index (χ3n) is 2.69. The monoisotopic (exact) mass is 326 g/mol. The summed E-state index contributed by atoms with van der Waals surface area (Å²) >= 11 is 9.35. The van der Waals surface area contributed by atoms with Crippen LogP contribution < -0.4 is 4.74 Å². The molecule has 0 amide bonds. The van der Waals surface area contributed by atoms with E-state index in [0.717, 1.165) is 15.6 Å². The molecule has 2 nitrogen and oxygen atoms in total. The Labute approximate surface area is 119 Å². The molecule has 0 bridgehead atoms. The highest BCUT2D eigenvalue weighted by Crippen LogP contribution is 2.32. The van der Waals surface area contributed by atoms with Gasteiger partial charge < -0.3 is 9.84 Å². The van der Waals surface area contributed by atoms with Gasteiger partial charge in [0.25, 0.3) is 0 Å². The number of rotatable bonds is 3. The van der Waals surface area contributed by atoms with Crippen LogP contribution in [-0.2, 0) is 0 Å². The van der Waals surface area contributed by atoms with E-state index in [-0.39, 0.29) is 0 Å². The number of hydrogen-bond acceptors (Lipinski definition) is 2. The Morgan fingerprint density at radius 1 is 1.22 bits per heavy atom. The molecule has 1 N–H and O–H groups in total. The summed E-state index contributed by atoms with van der Waals surface area (Å²) in [5, 5.41) is 10.9. The summed E-state index contributed by atoms with van der Waals surface area (Å²) in [5.74, 6) is 0.657. The normalized spacial score (nSPS) is 12.2. The van der Waals surface area contributed by atoms with Crippen molar-refractivity contribution in [3.8, 4) is 5.75 Å². The minimum Gasteiger partial charge on any atom is -0.496 e. The molecule has 0 aliphatic rings. The van der Waals surface area contributed by atoms with Gasteiger partial charge in [-0.3, -0.25) is 0 Å². The molecule has 4 heteroatoms. The number of para-hydroxylation sites is 1. The molecule has 0 fully saturated rings. The van der Waals surface area contributed by atoms with Crippen LogP contribution in [0.4, 0.5) is 0 Å². The van der Waals surface area contributed by atoms with Crippen LogP contribution in [0.15, 0.2) is 46.9 Å². The van der Waals surface area contributed by atoms with Crippen molar-refractivity contribution in [1.82, 2.24) is 0 Å². The summed E-state index contributed by atoms with van der Waals surface area (Å²) < 4.78 is 6.05. The highest BCUT2D eigenvalue weighted by atomic mass is 79.9. The highest BCUT2D eigenvalue weighted by molar-refractivity contribution is 9.10. The maximum absolute atomic E-state index is 10.4. The van der Waals surface area contributed by atoms with E-state index in [2.05, 4.69) is 15.9 Å². The summed E-state index contributed by atoms with van der Waals surface area (Å²) in [6.07, 6.45) is -0.758. The lowest BCUT2D eigenvalue weighted by Crippen LogP contribution is -2.02. The fraction of sp³-hybridized carbons (Fsp3) is 0.143. The number of methoxy groups -OCH3 is 1. The first-order chi connectivity index (χ1) is 8.63. The quantitative estimate of drug-likeness (QED) is 0.916. The van der Waals surface area contributed by atoms with Gasteiger partial charge in [0, 0.05) is 10.0 Å². The van der Waals surface area contributed by atoms with Crippen LogP contribution in [0.1, 0.15) is 17.2 Å². The lowest BCUT2D eigenvalue weighted by molar-refractivity contribution is 0.214. The van der Waals surface area contributed by atoms with Gasteiger partial charge in [-0.25, -0.2) is 0 Å². The van der Waals surface area contributed by atoms with Gasteiger partial charge in [-0.15, -0.1) is 0 Å². The molecule has 2 rings (SSSR count). The number of aliphatic hydroxyl groups excluding tert-OH is 1. The Morgan fingerprint density at radius 3 is 2.61 bits per heavy atom. The smallest absolute Gasteiger partial charge is 0.125 e. The SMILES string of the molecule is COc1ccccc1C(O)c1ccc(Br)c(Cl)c1. The van der Waals surface area contributed by atoms with Gasteiger partial charge >= 0.3 is 0 Å². The van der Waals surface area contributed by atoms with Crippen molar-refractivity contribution in [2.45, 2.75) is 6.10 Å². The topological polar surface area (TPSA) is 29.5 Å². The molecule has 0 heterocycles. The minimum atomic E-state index is -0.758. The molecule has 0 saturated heterocycles. The second-order valence-corrected chi connectivity index (χ2v) is 5.08. The zero-order valence-electron chi connectivity index (χ0n) is 9.73. The Morgan fingerprint density at radius 2 is 1.94 bits per heavy atom. The summed E-state index contributed by atoms with van der Waals surface area (Å²) in [6.45, 7) is 0. The Balaban J connectivity index is 2.41. The first-order valence-electron chi connectivity index (χ1n) is 5.39. The van der Waals surface area contributed by atoms with E-state index in [9.17, 15) is 5.11 Å². The Bertz CT molecular complexity index is 557. The zero-order chi connectivity index (χ0) is 13.1. The molecule has 0 spiro atoms. The van der Waals surface area contributed by atoms with E-state index in [1.165, 1.54) is 0 Å². The largest absolute Gasteiger partial charge is 0.496 e. The molecule has 1 unspecified atom stereocenters. The molecule has 1 atom stereocenters. The van der Waals surface area contributed by atoms with Crippen molar-refractivity contribution >= 4 is 27.5 Å². The van der Waals surface area contributed by atoms with Gasteiger partial charge in [0.15, 0.2) is 0 Å². The average molecular weight is 328 g/mol. The van der Waals surface area contributed by atoms with Crippen molar-refractivity contribution in [3.05, 3.63) is 63.1 Å². The summed E-state index contributed by atoms with van der Waals surface area (Å²) in [7, 11) is 1.58. The minimum absolute atomic E-state index is 0.571. The predicted octanol–water partition coefficient (Wildman–Crippen LogP) is 4.19. The lowest BCUT2D eigenvalue weighted by atomic mass is 10.0. The second-order valence-electron chi connectivity index (χ2n) is 3.82. The summed E-state index contributed by atoms with van der Waals surface area (Å²) in [4.78, 5) is 0. The average Bonchev–Trinajstić information content (AvgIpc) is 2.41. The van der Waals surface area contributed by atoms with E-state index < -0.39 is 6.10 Å². The van der Waals surface area contributed by atoms with Crippen molar-refractivity contribution in [1.29, 1.82) is 0 Å². The van der Waals surface area contributed by atoms with Gasteiger partial charge in [0.1, 0.15) is 11.9 Å². The van der Waals surface area contributed by atoms with Gasteiger partial charge in [0.05, 0.1) is 12.1 Å². The van der Waals surface area contributed by atoms with Crippen molar-refractivity contribution < 1.29 is 9.84 Å². The van der Waals surface area contributed by atoms with E-state index in [1.807, 2.05) is 36.4 Å². The standard InChI is InChI=1S/C14H12BrClO2/c1-18-13-5-3-2-4-10(13)14(17)9-6-7-11(15)12(16)8-9/h2-8,14,17H,1H3. The van der Waals surface area contributed by atoms with Crippen LogP contribution in [0.25, 0.3) is 0 Å². The molecule has 2 aromatic rings. The Kier molecular flexibility index (Phi) is 4.27. The lowest BCUT2D eigenvalue weighted by Gasteiger charge is -2.15. The van der Waals surface area contributed by atoms with Crippen LogP contribution >= 0.6 is 27.5 Å². The van der Waals surface area contributed by atoms with Crippen LogP contribution in [-0.4, -0.2) is 12.2 Å². The molecule has 0 aliphatic carbocycles. The van der Waals surface area contributed by atoms with Gasteiger partial charge in [0.2, 0.25) is 0 Å². The maximum atomic E-state index is 10.4. The second kappa shape index (κ2) is 5.74. The predicted molar refractivity (Wildman–Crippen MR) is 76.2 cm³/mol. The molecular formula is C14H12BrClO2. The number of halogens is 2. The third kappa shape index (κ3) is 2.69. The van der Waals surface area contributed by atoms with Crippen LogP contribution in [0, 0.1) is 0 Å². The van der Waals surface area contributed by atoms with Crippen LogP contribution in [0.2, 0.25) is 5.02 Å². The highest BCUT2D eigenvalue weighted by Gasteiger charge is 2.15. The van der Waals surface area contributed by atoms with Gasteiger partial charge in [-0.2, -0.15) is 0 Å². The van der Waals surface area contributed by atoms with E-state index in [0.29, 0.717) is 10.8 Å². The van der Waals surface area contributed by atoms with Crippen molar-refractivity contribution in [3.63, 3.8) is 0 Å². The Hall–Kier alpha value is -1.03.